The molecule has 0 aliphatic rings. The van der Waals surface area contributed by atoms with Crippen molar-refractivity contribution in [3.05, 3.63) is 35.9 Å². The zero-order valence-corrected chi connectivity index (χ0v) is 9.05. The minimum atomic E-state index is -1.14. The molecule has 0 radical (unpaired) electrons. The number of carboxylic acid groups (broad SMARTS) is 1. The Bertz CT molecular complexity index is 359. The summed E-state index contributed by atoms with van der Waals surface area (Å²) in [6.45, 7) is 1.76. The molecule has 1 rings (SSSR count). The van der Waals surface area contributed by atoms with E-state index < -0.39 is 17.9 Å². The summed E-state index contributed by atoms with van der Waals surface area (Å²) in [5, 5.41) is 8.74. The van der Waals surface area contributed by atoms with Gasteiger partial charge in [-0.3, -0.25) is 9.59 Å². The van der Waals surface area contributed by atoms with Gasteiger partial charge in [0.1, 0.15) is 6.61 Å². The molecule has 16 heavy (non-hydrogen) atoms. The zero-order valence-electron chi connectivity index (χ0n) is 9.05. The number of hydrogen-bond acceptors (Lipinski definition) is 3. The van der Waals surface area contributed by atoms with Crippen LogP contribution in [-0.4, -0.2) is 17.0 Å². The second kappa shape index (κ2) is 5.90. The lowest BCUT2D eigenvalue weighted by atomic mass is 10.1. The highest BCUT2D eigenvalue weighted by Crippen LogP contribution is 2.08. The second-order valence-electron chi connectivity index (χ2n) is 3.39. The summed E-state index contributed by atoms with van der Waals surface area (Å²) in [5.41, 5.74) is 0.844. The van der Waals surface area contributed by atoms with Crippen molar-refractivity contribution in [3.8, 4) is 0 Å². The average Bonchev–Trinajstić information content (AvgIpc) is 2.28. The highest BCUT2D eigenvalue weighted by atomic mass is 16.5. The van der Waals surface area contributed by atoms with Crippen molar-refractivity contribution < 1.29 is 19.4 Å². The quantitative estimate of drug-likeness (QED) is 0.610. The molecule has 1 atom stereocenters. The van der Waals surface area contributed by atoms with Gasteiger partial charge < -0.3 is 9.84 Å². The summed E-state index contributed by atoms with van der Waals surface area (Å²) in [7, 11) is 0. The van der Waals surface area contributed by atoms with Crippen LogP contribution in [0.1, 0.15) is 18.9 Å². The Morgan fingerprint density at radius 3 is 2.44 bits per heavy atom. The number of hydrogen-bond donors (Lipinski definition) is 1. The molecule has 0 bridgehead atoms. The van der Waals surface area contributed by atoms with Gasteiger partial charge in [0.15, 0.2) is 5.92 Å². The third-order valence-corrected chi connectivity index (χ3v) is 2.21. The fraction of sp³-hybridized carbons (Fsp3) is 0.333. The minimum Gasteiger partial charge on any atom is -0.481 e. The van der Waals surface area contributed by atoms with E-state index in [-0.39, 0.29) is 13.0 Å². The maximum absolute atomic E-state index is 11.4. The Kier molecular flexibility index (Phi) is 4.51. The van der Waals surface area contributed by atoms with Crippen LogP contribution in [0.2, 0.25) is 0 Å². The van der Waals surface area contributed by atoms with E-state index in [0.29, 0.717) is 0 Å². The van der Waals surface area contributed by atoms with Gasteiger partial charge >= 0.3 is 11.9 Å². The van der Waals surface area contributed by atoms with Gasteiger partial charge in [-0.1, -0.05) is 37.3 Å². The largest absolute Gasteiger partial charge is 0.481 e. The summed E-state index contributed by atoms with van der Waals surface area (Å²) in [6.07, 6.45) is 0.239. The Balaban J connectivity index is 2.49. The van der Waals surface area contributed by atoms with E-state index in [1.54, 1.807) is 6.92 Å². The van der Waals surface area contributed by atoms with Crippen LogP contribution in [0.4, 0.5) is 0 Å². The standard InChI is InChI=1S/C12H14O4/c1-2-10(11(13)14)12(15)16-8-9-6-4-3-5-7-9/h3-7,10H,2,8H2,1H3,(H,13,14)/t10-/m1/s1. The van der Waals surface area contributed by atoms with Crippen LogP contribution in [0, 0.1) is 5.92 Å². The molecule has 0 saturated heterocycles. The third-order valence-electron chi connectivity index (χ3n) is 2.21. The first-order valence-corrected chi connectivity index (χ1v) is 5.08. The summed E-state index contributed by atoms with van der Waals surface area (Å²) in [4.78, 5) is 22.1. The smallest absolute Gasteiger partial charge is 0.320 e. The molecule has 0 fully saturated rings. The SMILES string of the molecule is CC[C@H](C(=O)O)C(=O)OCc1ccccc1. The van der Waals surface area contributed by atoms with Crippen LogP contribution in [0.3, 0.4) is 0 Å². The van der Waals surface area contributed by atoms with E-state index in [4.69, 9.17) is 9.84 Å². The van der Waals surface area contributed by atoms with Crippen molar-refractivity contribution in [2.75, 3.05) is 0 Å². The first-order valence-electron chi connectivity index (χ1n) is 5.08. The van der Waals surface area contributed by atoms with Gasteiger partial charge in [-0.05, 0) is 12.0 Å². The summed E-state index contributed by atoms with van der Waals surface area (Å²) in [5.74, 6) is -2.89. The molecular weight excluding hydrogens is 208 g/mol. The highest BCUT2D eigenvalue weighted by molar-refractivity contribution is 5.93. The normalized spacial score (nSPS) is 11.8. The zero-order chi connectivity index (χ0) is 12.0. The van der Waals surface area contributed by atoms with Crippen LogP contribution in [-0.2, 0) is 20.9 Å². The summed E-state index contributed by atoms with van der Waals surface area (Å²) < 4.78 is 4.92. The number of carbonyl (C=O) groups excluding carboxylic acids is 1. The van der Waals surface area contributed by atoms with Crippen molar-refractivity contribution >= 4 is 11.9 Å². The number of ether oxygens (including phenoxy) is 1. The number of rotatable bonds is 5. The number of carboxylic acids is 1. The molecule has 86 valence electrons. The molecule has 1 aromatic carbocycles. The van der Waals surface area contributed by atoms with Crippen LogP contribution < -0.4 is 0 Å². The van der Waals surface area contributed by atoms with E-state index in [0.717, 1.165) is 5.56 Å². The predicted molar refractivity (Wildman–Crippen MR) is 57.7 cm³/mol. The minimum absolute atomic E-state index is 0.115. The van der Waals surface area contributed by atoms with E-state index in [2.05, 4.69) is 0 Å². The predicted octanol–water partition coefficient (Wildman–Crippen LogP) is 1.84. The molecule has 0 spiro atoms. The third kappa shape index (κ3) is 3.38. The van der Waals surface area contributed by atoms with Gasteiger partial charge in [0.2, 0.25) is 0 Å². The van der Waals surface area contributed by atoms with Crippen molar-refractivity contribution in [1.82, 2.24) is 0 Å². The lowest BCUT2D eigenvalue weighted by molar-refractivity contribution is -0.159. The highest BCUT2D eigenvalue weighted by Gasteiger charge is 2.25. The second-order valence-corrected chi connectivity index (χ2v) is 3.39. The number of esters is 1. The van der Waals surface area contributed by atoms with Crippen molar-refractivity contribution in [3.63, 3.8) is 0 Å². The van der Waals surface area contributed by atoms with Gasteiger partial charge in [0.05, 0.1) is 0 Å². The molecule has 0 unspecified atom stereocenters. The first-order chi connectivity index (χ1) is 7.65. The van der Waals surface area contributed by atoms with Crippen LogP contribution in [0.5, 0.6) is 0 Å². The Labute approximate surface area is 93.9 Å². The lowest BCUT2D eigenvalue weighted by Gasteiger charge is -2.09. The van der Waals surface area contributed by atoms with Crippen LogP contribution in [0.25, 0.3) is 0 Å². The molecule has 0 saturated carbocycles. The molecule has 0 aliphatic heterocycles. The maximum Gasteiger partial charge on any atom is 0.320 e. The number of carbonyl (C=O) groups is 2. The molecule has 1 aromatic rings. The average molecular weight is 222 g/mol. The maximum atomic E-state index is 11.4. The van der Waals surface area contributed by atoms with Crippen molar-refractivity contribution in [1.29, 1.82) is 0 Å². The molecular formula is C12H14O4. The van der Waals surface area contributed by atoms with E-state index in [1.807, 2.05) is 30.3 Å². The molecule has 0 aliphatic carbocycles. The van der Waals surface area contributed by atoms with Crippen molar-refractivity contribution in [2.24, 2.45) is 5.92 Å². The fourth-order valence-corrected chi connectivity index (χ4v) is 1.27. The van der Waals surface area contributed by atoms with E-state index >= 15 is 0 Å². The van der Waals surface area contributed by atoms with Crippen LogP contribution in [0.15, 0.2) is 30.3 Å². The molecule has 1 N–H and O–H groups in total. The summed E-state index contributed by atoms with van der Waals surface area (Å²) >= 11 is 0. The van der Waals surface area contributed by atoms with E-state index in [9.17, 15) is 9.59 Å². The summed E-state index contributed by atoms with van der Waals surface area (Å²) in [6, 6.07) is 9.15. The first kappa shape index (κ1) is 12.2. The Hall–Kier alpha value is -1.84. The lowest BCUT2D eigenvalue weighted by Crippen LogP contribution is -2.25. The van der Waals surface area contributed by atoms with Gasteiger partial charge in [0, 0.05) is 0 Å². The molecule has 0 aromatic heterocycles. The Morgan fingerprint density at radius 1 is 1.31 bits per heavy atom. The van der Waals surface area contributed by atoms with Crippen LogP contribution >= 0.6 is 0 Å². The molecule has 4 heteroatoms. The molecule has 4 nitrogen and oxygen atoms in total. The van der Waals surface area contributed by atoms with Gasteiger partial charge in [-0.15, -0.1) is 0 Å². The number of benzene rings is 1. The monoisotopic (exact) mass is 222 g/mol. The van der Waals surface area contributed by atoms with Crippen molar-refractivity contribution in [2.45, 2.75) is 20.0 Å². The van der Waals surface area contributed by atoms with Gasteiger partial charge in [-0.25, -0.2) is 0 Å². The topological polar surface area (TPSA) is 63.6 Å². The van der Waals surface area contributed by atoms with Gasteiger partial charge in [0.25, 0.3) is 0 Å². The number of aliphatic carboxylic acids is 1. The molecule has 0 amide bonds. The Morgan fingerprint density at radius 2 is 1.94 bits per heavy atom. The van der Waals surface area contributed by atoms with E-state index in [1.165, 1.54) is 0 Å². The molecule has 0 heterocycles. The van der Waals surface area contributed by atoms with Gasteiger partial charge in [-0.2, -0.15) is 0 Å². The fourth-order valence-electron chi connectivity index (χ4n) is 1.27.